The number of carbonyl (C=O) groups is 1. The van der Waals surface area contributed by atoms with E-state index in [0.29, 0.717) is 17.9 Å². The van der Waals surface area contributed by atoms with E-state index in [-0.39, 0.29) is 23.5 Å². The molecule has 0 aliphatic rings. The lowest BCUT2D eigenvalue weighted by Crippen LogP contribution is -2.32. The standard InChI is InChI=1S/C19H23NO5S/c1-4-18(14-8-10-17(11-9-14)26(3,22)23)20-19(21)13-25-16-7-5-6-15(12-16)24-2/h5-12,18H,4,13H2,1-3H3,(H,20,21). The van der Waals surface area contributed by atoms with Gasteiger partial charge in [-0.15, -0.1) is 0 Å². The average molecular weight is 377 g/mol. The Morgan fingerprint density at radius 3 is 2.35 bits per heavy atom. The summed E-state index contributed by atoms with van der Waals surface area (Å²) in [5.41, 5.74) is 0.842. The van der Waals surface area contributed by atoms with Crippen molar-refractivity contribution < 1.29 is 22.7 Å². The summed E-state index contributed by atoms with van der Waals surface area (Å²) in [6.07, 6.45) is 1.83. The maximum absolute atomic E-state index is 12.2. The van der Waals surface area contributed by atoms with Gasteiger partial charge in [0, 0.05) is 12.3 Å². The smallest absolute Gasteiger partial charge is 0.258 e. The van der Waals surface area contributed by atoms with Gasteiger partial charge in [0.2, 0.25) is 0 Å². The largest absolute Gasteiger partial charge is 0.497 e. The summed E-state index contributed by atoms with van der Waals surface area (Å²) >= 11 is 0. The van der Waals surface area contributed by atoms with Gasteiger partial charge in [-0.25, -0.2) is 8.42 Å². The number of ether oxygens (including phenoxy) is 2. The summed E-state index contributed by atoms with van der Waals surface area (Å²) in [4.78, 5) is 12.4. The Bertz CT molecular complexity index is 846. The van der Waals surface area contributed by atoms with Crippen LogP contribution in [0.2, 0.25) is 0 Å². The van der Waals surface area contributed by atoms with Crippen LogP contribution in [-0.4, -0.2) is 34.3 Å². The molecule has 0 fully saturated rings. The number of nitrogens with one attached hydrogen (secondary N) is 1. The van der Waals surface area contributed by atoms with E-state index < -0.39 is 9.84 Å². The van der Waals surface area contributed by atoms with E-state index in [9.17, 15) is 13.2 Å². The van der Waals surface area contributed by atoms with Gasteiger partial charge in [0.1, 0.15) is 11.5 Å². The lowest BCUT2D eigenvalue weighted by Gasteiger charge is -2.18. The number of methoxy groups -OCH3 is 1. The van der Waals surface area contributed by atoms with Gasteiger partial charge < -0.3 is 14.8 Å². The van der Waals surface area contributed by atoms with Crippen LogP contribution in [0, 0.1) is 0 Å². The highest BCUT2D eigenvalue weighted by molar-refractivity contribution is 7.90. The van der Waals surface area contributed by atoms with Gasteiger partial charge in [-0.05, 0) is 36.2 Å². The van der Waals surface area contributed by atoms with Gasteiger partial charge in [0.15, 0.2) is 16.4 Å². The first-order valence-electron chi connectivity index (χ1n) is 8.19. The van der Waals surface area contributed by atoms with E-state index in [2.05, 4.69) is 5.32 Å². The van der Waals surface area contributed by atoms with Crippen molar-refractivity contribution in [3.05, 3.63) is 54.1 Å². The van der Waals surface area contributed by atoms with Crippen molar-refractivity contribution in [2.45, 2.75) is 24.3 Å². The SMILES string of the molecule is CCC(NC(=O)COc1cccc(OC)c1)c1ccc(S(C)(=O)=O)cc1. The van der Waals surface area contributed by atoms with Gasteiger partial charge in [-0.3, -0.25) is 4.79 Å². The summed E-state index contributed by atoms with van der Waals surface area (Å²) < 4.78 is 33.7. The molecule has 1 unspecified atom stereocenters. The molecule has 0 aliphatic carbocycles. The van der Waals surface area contributed by atoms with E-state index in [1.165, 1.54) is 0 Å². The number of benzene rings is 2. The second kappa shape index (κ2) is 8.71. The van der Waals surface area contributed by atoms with Crippen LogP contribution in [0.5, 0.6) is 11.5 Å². The molecule has 1 amide bonds. The van der Waals surface area contributed by atoms with Gasteiger partial charge >= 0.3 is 0 Å². The molecule has 6 nitrogen and oxygen atoms in total. The second-order valence-electron chi connectivity index (χ2n) is 5.84. The fourth-order valence-corrected chi connectivity index (χ4v) is 3.07. The lowest BCUT2D eigenvalue weighted by atomic mass is 10.0. The zero-order valence-electron chi connectivity index (χ0n) is 15.1. The highest BCUT2D eigenvalue weighted by atomic mass is 32.2. The fraction of sp³-hybridized carbons (Fsp3) is 0.316. The molecule has 2 aromatic rings. The summed E-state index contributed by atoms with van der Waals surface area (Å²) in [6.45, 7) is 1.82. The minimum atomic E-state index is -3.24. The summed E-state index contributed by atoms with van der Waals surface area (Å²) in [7, 11) is -1.68. The van der Waals surface area contributed by atoms with Crippen molar-refractivity contribution in [1.29, 1.82) is 0 Å². The lowest BCUT2D eigenvalue weighted by molar-refractivity contribution is -0.123. The van der Waals surface area contributed by atoms with E-state index in [4.69, 9.17) is 9.47 Å². The van der Waals surface area contributed by atoms with Crippen LogP contribution < -0.4 is 14.8 Å². The molecule has 26 heavy (non-hydrogen) atoms. The first-order chi connectivity index (χ1) is 12.3. The van der Waals surface area contributed by atoms with Gasteiger partial charge in [0.25, 0.3) is 5.91 Å². The number of carbonyl (C=O) groups excluding carboxylic acids is 1. The Morgan fingerprint density at radius 2 is 1.77 bits per heavy atom. The van der Waals surface area contributed by atoms with Crippen LogP contribution in [0.4, 0.5) is 0 Å². The van der Waals surface area contributed by atoms with Gasteiger partial charge in [0.05, 0.1) is 18.0 Å². The molecule has 0 heterocycles. The van der Waals surface area contributed by atoms with Crippen molar-refractivity contribution in [1.82, 2.24) is 5.32 Å². The van der Waals surface area contributed by atoms with Crippen LogP contribution in [-0.2, 0) is 14.6 Å². The highest BCUT2D eigenvalue weighted by Gasteiger charge is 2.15. The molecular weight excluding hydrogens is 354 g/mol. The second-order valence-corrected chi connectivity index (χ2v) is 7.85. The minimum Gasteiger partial charge on any atom is -0.497 e. The molecule has 2 aromatic carbocycles. The Morgan fingerprint density at radius 1 is 1.12 bits per heavy atom. The molecule has 2 rings (SSSR count). The van der Waals surface area contributed by atoms with E-state index >= 15 is 0 Å². The molecule has 0 spiro atoms. The normalized spacial score (nSPS) is 12.3. The molecule has 7 heteroatoms. The highest BCUT2D eigenvalue weighted by Crippen LogP contribution is 2.20. The van der Waals surface area contributed by atoms with Gasteiger partial charge in [-0.1, -0.05) is 25.1 Å². The van der Waals surface area contributed by atoms with Crippen molar-refractivity contribution in [3.63, 3.8) is 0 Å². The van der Waals surface area contributed by atoms with Crippen LogP contribution >= 0.6 is 0 Å². The zero-order chi connectivity index (χ0) is 19.2. The first kappa shape index (κ1) is 19.8. The number of amides is 1. The maximum Gasteiger partial charge on any atom is 0.258 e. The molecule has 1 atom stereocenters. The predicted octanol–water partition coefficient (Wildman–Crippen LogP) is 2.75. The van der Waals surface area contributed by atoms with E-state index in [1.807, 2.05) is 6.92 Å². The fourth-order valence-electron chi connectivity index (χ4n) is 2.44. The molecule has 0 saturated heterocycles. The van der Waals surface area contributed by atoms with Crippen LogP contribution in [0.25, 0.3) is 0 Å². The number of sulfone groups is 1. The quantitative estimate of drug-likeness (QED) is 0.765. The topological polar surface area (TPSA) is 81.7 Å². The molecule has 140 valence electrons. The predicted molar refractivity (Wildman–Crippen MR) is 99.2 cm³/mol. The van der Waals surface area contributed by atoms with Crippen LogP contribution in [0.15, 0.2) is 53.4 Å². The van der Waals surface area contributed by atoms with E-state index in [1.54, 1.807) is 55.6 Å². The molecule has 0 aromatic heterocycles. The van der Waals surface area contributed by atoms with Crippen molar-refractivity contribution in [3.8, 4) is 11.5 Å². The Hall–Kier alpha value is -2.54. The van der Waals surface area contributed by atoms with Crippen molar-refractivity contribution >= 4 is 15.7 Å². The number of hydrogen-bond acceptors (Lipinski definition) is 5. The third kappa shape index (κ3) is 5.49. The Labute approximate surface area is 154 Å². The van der Waals surface area contributed by atoms with Crippen LogP contribution in [0.1, 0.15) is 24.9 Å². The molecule has 0 saturated carbocycles. The first-order valence-corrected chi connectivity index (χ1v) is 10.1. The summed E-state index contributed by atoms with van der Waals surface area (Å²) in [5.74, 6) is 0.942. The van der Waals surface area contributed by atoms with E-state index in [0.717, 1.165) is 11.8 Å². The molecule has 0 bridgehead atoms. The number of hydrogen-bond donors (Lipinski definition) is 1. The summed E-state index contributed by atoms with van der Waals surface area (Å²) in [6, 6.07) is 13.3. The number of rotatable bonds is 8. The van der Waals surface area contributed by atoms with Crippen LogP contribution in [0.3, 0.4) is 0 Å². The Balaban J connectivity index is 1.97. The molecule has 0 aliphatic heterocycles. The monoisotopic (exact) mass is 377 g/mol. The summed E-state index contributed by atoms with van der Waals surface area (Å²) in [5, 5.41) is 2.90. The zero-order valence-corrected chi connectivity index (χ0v) is 15.9. The van der Waals surface area contributed by atoms with Crippen molar-refractivity contribution in [2.24, 2.45) is 0 Å². The maximum atomic E-state index is 12.2. The third-order valence-electron chi connectivity index (χ3n) is 3.87. The molecule has 1 N–H and O–H groups in total. The van der Waals surface area contributed by atoms with Crippen molar-refractivity contribution in [2.75, 3.05) is 20.0 Å². The minimum absolute atomic E-state index is 0.120. The van der Waals surface area contributed by atoms with Gasteiger partial charge in [-0.2, -0.15) is 0 Å². The Kier molecular flexibility index (Phi) is 6.63. The molecule has 0 radical (unpaired) electrons. The third-order valence-corrected chi connectivity index (χ3v) is 4.99. The average Bonchev–Trinajstić information content (AvgIpc) is 2.64. The molecular formula is C19H23NO5S.